The number of carbonyl (C=O) groups is 2. The van der Waals surface area contributed by atoms with E-state index >= 15 is 0 Å². The van der Waals surface area contributed by atoms with Gasteiger partial charge in [-0.2, -0.15) is 0 Å². The van der Waals surface area contributed by atoms with Gasteiger partial charge in [-0.15, -0.1) is 0 Å². The van der Waals surface area contributed by atoms with Gasteiger partial charge in [-0.3, -0.25) is 4.79 Å². The first kappa shape index (κ1) is 29.5. The third kappa shape index (κ3) is 8.47. The summed E-state index contributed by atoms with van der Waals surface area (Å²) in [4.78, 5) is 24.9. The van der Waals surface area contributed by atoms with Gasteiger partial charge in [0.25, 0.3) is 0 Å². The first-order chi connectivity index (χ1) is 18.6. The zero-order chi connectivity index (χ0) is 28.4. The monoisotopic (exact) mass is 530 g/mol. The van der Waals surface area contributed by atoms with Crippen LogP contribution >= 0.6 is 0 Å². The molecule has 0 spiro atoms. The molecule has 0 aliphatic carbocycles. The number of carbonyl (C=O) groups excluding carboxylic acids is 2. The summed E-state index contributed by atoms with van der Waals surface area (Å²) in [6, 6.07) is 22.2. The van der Waals surface area contributed by atoms with Crippen LogP contribution < -0.4 is 14.2 Å². The van der Waals surface area contributed by atoms with Crippen LogP contribution in [-0.4, -0.2) is 25.8 Å². The minimum atomic E-state index is -0.542. The zero-order valence-electron chi connectivity index (χ0n) is 23.6. The Bertz CT molecular complexity index is 1240. The normalized spacial score (nSPS) is 12.8. The van der Waals surface area contributed by atoms with Gasteiger partial charge < -0.3 is 18.9 Å². The topological polar surface area (TPSA) is 71.1 Å². The lowest BCUT2D eigenvalue weighted by atomic mass is 9.73. The highest BCUT2D eigenvalue weighted by molar-refractivity contribution is 5.88. The molecule has 0 N–H and O–H groups in total. The number of rotatable bonds is 12. The van der Waals surface area contributed by atoms with E-state index < -0.39 is 11.4 Å². The van der Waals surface area contributed by atoms with E-state index in [1.807, 2.05) is 69.3 Å². The number of ether oxygens (including phenoxy) is 4. The SMILES string of the molecule is COc1ccc(OC(=O)/C=C/c2ccc(-c3ccc(OCOC(=O)C(C)(CC(C)C)C(C)C)cc3)cc2)cc1. The van der Waals surface area contributed by atoms with Gasteiger partial charge in [0.1, 0.15) is 17.2 Å². The Balaban J connectivity index is 1.51. The largest absolute Gasteiger partial charge is 0.497 e. The number of hydrogen-bond acceptors (Lipinski definition) is 6. The molecule has 6 heteroatoms. The second-order valence-electron chi connectivity index (χ2n) is 10.4. The molecule has 0 aliphatic rings. The highest BCUT2D eigenvalue weighted by Gasteiger charge is 2.38. The van der Waals surface area contributed by atoms with E-state index in [1.165, 1.54) is 6.08 Å². The molecule has 1 unspecified atom stereocenters. The summed E-state index contributed by atoms with van der Waals surface area (Å²) in [6.07, 6.45) is 3.87. The third-order valence-corrected chi connectivity index (χ3v) is 6.78. The molecular formula is C33H38O6. The predicted octanol–water partition coefficient (Wildman–Crippen LogP) is 7.57. The summed E-state index contributed by atoms with van der Waals surface area (Å²) in [5.41, 5.74) is 2.36. The highest BCUT2D eigenvalue weighted by Crippen LogP contribution is 2.35. The number of methoxy groups -OCH3 is 1. The third-order valence-electron chi connectivity index (χ3n) is 6.78. The Hall–Kier alpha value is -4.06. The molecule has 0 aromatic heterocycles. The van der Waals surface area contributed by atoms with Gasteiger partial charge in [0.2, 0.25) is 6.79 Å². The average molecular weight is 531 g/mol. The fourth-order valence-electron chi connectivity index (χ4n) is 4.21. The lowest BCUT2D eigenvalue weighted by Gasteiger charge is -2.32. The van der Waals surface area contributed by atoms with Crippen LogP contribution in [0.4, 0.5) is 0 Å². The van der Waals surface area contributed by atoms with E-state index in [-0.39, 0.29) is 18.7 Å². The minimum Gasteiger partial charge on any atom is -0.497 e. The van der Waals surface area contributed by atoms with E-state index in [0.717, 1.165) is 23.1 Å². The molecule has 0 saturated heterocycles. The summed E-state index contributed by atoms with van der Waals surface area (Å²) in [7, 11) is 1.58. The molecule has 0 fully saturated rings. The van der Waals surface area contributed by atoms with E-state index in [1.54, 1.807) is 37.5 Å². The zero-order valence-corrected chi connectivity index (χ0v) is 23.6. The maximum Gasteiger partial charge on any atom is 0.336 e. The van der Waals surface area contributed by atoms with Crippen LogP contribution in [0.1, 0.15) is 46.6 Å². The Morgan fingerprint density at radius 1 is 0.795 bits per heavy atom. The van der Waals surface area contributed by atoms with Gasteiger partial charge >= 0.3 is 11.9 Å². The van der Waals surface area contributed by atoms with Crippen molar-refractivity contribution in [2.75, 3.05) is 13.9 Å². The van der Waals surface area contributed by atoms with Crippen molar-refractivity contribution in [3.8, 4) is 28.4 Å². The van der Waals surface area contributed by atoms with Crippen LogP contribution in [0.15, 0.2) is 78.9 Å². The number of esters is 2. The highest BCUT2D eigenvalue weighted by atomic mass is 16.7. The van der Waals surface area contributed by atoms with E-state index in [4.69, 9.17) is 18.9 Å². The molecule has 0 saturated carbocycles. The quantitative estimate of drug-likeness (QED) is 0.104. The van der Waals surface area contributed by atoms with Crippen molar-refractivity contribution < 1.29 is 28.5 Å². The molecule has 0 aliphatic heterocycles. The first-order valence-electron chi connectivity index (χ1n) is 13.1. The summed E-state index contributed by atoms with van der Waals surface area (Å²) in [5.74, 6) is 1.64. The van der Waals surface area contributed by atoms with E-state index in [2.05, 4.69) is 13.8 Å². The second kappa shape index (κ2) is 13.7. The van der Waals surface area contributed by atoms with Crippen LogP contribution in [0.2, 0.25) is 0 Å². The number of benzene rings is 3. The van der Waals surface area contributed by atoms with Gasteiger partial charge in [0.05, 0.1) is 12.5 Å². The molecule has 1 atom stereocenters. The lowest BCUT2D eigenvalue weighted by Crippen LogP contribution is -2.37. The molecule has 0 radical (unpaired) electrons. The van der Waals surface area contributed by atoms with Crippen molar-refractivity contribution in [2.45, 2.75) is 41.0 Å². The van der Waals surface area contributed by atoms with Gasteiger partial charge in [-0.25, -0.2) is 4.79 Å². The van der Waals surface area contributed by atoms with Gasteiger partial charge in [0.15, 0.2) is 0 Å². The van der Waals surface area contributed by atoms with Crippen molar-refractivity contribution in [3.05, 3.63) is 84.4 Å². The Morgan fingerprint density at radius 3 is 1.87 bits per heavy atom. The second-order valence-corrected chi connectivity index (χ2v) is 10.4. The molecule has 3 rings (SSSR count). The molecule has 0 bridgehead atoms. The predicted molar refractivity (Wildman–Crippen MR) is 154 cm³/mol. The van der Waals surface area contributed by atoms with Crippen LogP contribution in [0.5, 0.6) is 17.2 Å². The van der Waals surface area contributed by atoms with Crippen LogP contribution in [-0.2, 0) is 14.3 Å². The lowest BCUT2D eigenvalue weighted by molar-refractivity contribution is -0.165. The molecule has 3 aromatic carbocycles. The van der Waals surface area contributed by atoms with Crippen LogP contribution in [0, 0.1) is 17.3 Å². The number of hydrogen-bond donors (Lipinski definition) is 0. The van der Waals surface area contributed by atoms with E-state index in [0.29, 0.717) is 23.2 Å². The standard InChI is InChI=1S/C33H38O6/c1-23(2)21-33(5,24(3)4)32(35)38-22-37-29-14-12-27(13-15-29)26-10-7-25(8-11-26)9-20-31(34)39-30-18-16-28(36-6)17-19-30/h7-20,23-24H,21-22H2,1-6H3/b20-9+. The minimum absolute atomic E-state index is 0.124. The fourth-order valence-corrected chi connectivity index (χ4v) is 4.21. The van der Waals surface area contributed by atoms with Crippen molar-refractivity contribution in [3.63, 3.8) is 0 Å². The van der Waals surface area contributed by atoms with Gasteiger partial charge in [-0.1, -0.05) is 64.1 Å². The van der Waals surface area contributed by atoms with E-state index in [9.17, 15) is 9.59 Å². The Kier molecular flexibility index (Phi) is 10.3. The Morgan fingerprint density at radius 2 is 1.33 bits per heavy atom. The van der Waals surface area contributed by atoms with Gasteiger partial charge in [-0.05, 0) is 84.3 Å². The fraction of sp³-hybridized carbons (Fsp3) is 0.333. The molecule has 0 amide bonds. The summed E-state index contributed by atoms with van der Waals surface area (Å²) in [6.45, 7) is 10.1. The molecule has 0 heterocycles. The molecule has 6 nitrogen and oxygen atoms in total. The summed E-state index contributed by atoms with van der Waals surface area (Å²) < 4.78 is 21.6. The summed E-state index contributed by atoms with van der Waals surface area (Å²) in [5, 5.41) is 0. The van der Waals surface area contributed by atoms with Crippen LogP contribution in [0.3, 0.4) is 0 Å². The van der Waals surface area contributed by atoms with Crippen molar-refractivity contribution in [1.82, 2.24) is 0 Å². The maximum atomic E-state index is 12.7. The molecule has 39 heavy (non-hydrogen) atoms. The van der Waals surface area contributed by atoms with Gasteiger partial charge in [0, 0.05) is 6.08 Å². The maximum absolute atomic E-state index is 12.7. The Labute approximate surface area is 231 Å². The first-order valence-corrected chi connectivity index (χ1v) is 13.1. The molecule has 3 aromatic rings. The average Bonchev–Trinajstić information content (AvgIpc) is 2.92. The summed E-state index contributed by atoms with van der Waals surface area (Å²) >= 11 is 0. The molecule has 206 valence electrons. The van der Waals surface area contributed by atoms with Crippen molar-refractivity contribution >= 4 is 18.0 Å². The molecular weight excluding hydrogens is 492 g/mol. The van der Waals surface area contributed by atoms with Crippen molar-refractivity contribution in [1.29, 1.82) is 0 Å². The van der Waals surface area contributed by atoms with Crippen molar-refractivity contribution in [2.24, 2.45) is 17.3 Å². The smallest absolute Gasteiger partial charge is 0.336 e. The van der Waals surface area contributed by atoms with Crippen LogP contribution in [0.25, 0.3) is 17.2 Å².